The Kier molecular flexibility index (Phi) is 8.24. The molecule has 0 unspecified atom stereocenters. The predicted molar refractivity (Wildman–Crippen MR) is 131 cm³/mol. The Bertz CT molecular complexity index is 1250. The summed E-state index contributed by atoms with van der Waals surface area (Å²) in [6.07, 6.45) is 2.82. The number of carboxylic acids is 1. The van der Waals surface area contributed by atoms with E-state index in [1.54, 1.807) is 25.3 Å². The molecule has 0 aliphatic carbocycles. The van der Waals surface area contributed by atoms with Gasteiger partial charge in [0.1, 0.15) is 0 Å². The lowest BCUT2D eigenvalue weighted by molar-refractivity contribution is 0.0697. The fourth-order valence-corrected chi connectivity index (χ4v) is 4.82. The number of ether oxygens (including phenoxy) is 1. The number of hydrogen-bond acceptors (Lipinski definition) is 5. The maximum absolute atomic E-state index is 13.0. The van der Waals surface area contributed by atoms with E-state index in [4.69, 9.17) is 4.74 Å². The molecule has 0 spiro atoms. The molecule has 0 atom stereocenters. The van der Waals surface area contributed by atoms with Crippen molar-refractivity contribution in [3.05, 3.63) is 76.6 Å². The SMILES string of the molecule is CCCCc1c(Cc2ccc(-c3ccccc3C(=O)O)cc2)c(COC)nn1S(=O)(=O)N(C)C. The predicted octanol–water partition coefficient (Wildman–Crippen LogP) is 3.98. The minimum Gasteiger partial charge on any atom is -0.478 e. The third kappa shape index (κ3) is 5.38. The monoisotopic (exact) mass is 485 g/mol. The van der Waals surface area contributed by atoms with Gasteiger partial charge in [0.2, 0.25) is 0 Å². The summed E-state index contributed by atoms with van der Waals surface area (Å²) in [5.41, 5.74) is 4.77. The average molecular weight is 486 g/mol. The normalized spacial score (nSPS) is 11.8. The first-order valence-corrected chi connectivity index (χ1v) is 12.5. The second-order valence-electron chi connectivity index (χ2n) is 8.27. The second-order valence-corrected chi connectivity index (χ2v) is 10.2. The van der Waals surface area contributed by atoms with Crippen molar-refractivity contribution in [2.24, 2.45) is 0 Å². The lowest BCUT2D eigenvalue weighted by atomic mass is 9.96. The molecule has 0 amide bonds. The molecule has 8 nitrogen and oxygen atoms in total. The molecular weight excluding hydrogens is 454 g/mol. The van der Waals surface area contributed by atoms with Crippen LogP contribution in [-0.2, 0) is 34.4 Å². The van der Waals surface area contributed by atoms with E-state index >= 15 is 0 Å². The standard InChI is InChI=1S/C25H31N3O5S/c1-5-6-11-24-22(23(17-33-4)26-28(24)34(31,32)27(2)3)16-18-12-14-19(15-13-18)20-9-7-8-10-21(20)25(29)30/h7-10,12-15H,5-6,11,16-17H2,1-4H3,(H,29,30). The summed E-state index contributed by atoms with van der Waals surface area (Å²) < 4.78 is 33.6. The molecule has 182 valence electrons. The van der Waals surface area contributed by atoms with Gasteiger partial charge in [-0.3, -0.25) is 0 Å². The molecule has 0 radical (unpaired) electrons. The van der Waals surface area contributed by atoms with Crippen molar-refractivity contribution in [2.45, 2.75) is 39.2 Å². The van der Waals surface area contributed by atoms with E-state index in [0.717, 1.165) is 37.9 Å². The Labute approximate surface area is 201 Å². The van der Waals surface area contributed by atoms with E-state index in [1.165, 1.54) is 14.1 Å². The Hall–Kier alpha value is -3.01. The zero-order valence-electron chi connectivity index (χ0n) is 20.0. The van der Waals surface area contributed by atoms with E-state index in [1.807, 2.05) is 30.3 Å². The molecule has 0 saturated heterocycles. The highest BCUT2D eigenvalue weighted by Crippen LogP contribution is 2.27. The van der Waals surface area contributed by atoms with Crippen molar-refractivity contribution in [1.82, 2.24) is 13.5 Å². The number of rotatable bonds is 11. The average Bonchev–Trinajstić information content (AvgIpc) is 3.15. The van der Waals surface area contributed by atoms with Crippen molar-refractivity contribution >= 4 is 16.2 Å². The van der Waals surface area contributed by atoms with Gasteiger partial charge in [-0.2, -0.15) is 17.8 Å². The van der Waals surface area contributed by atoms with E-state index in [-0.39, 0.29) is 12.2 Å². The number of aromatic nitrogens is 2. The first kappa shape index (κ1) is 25.6. The van der Waals surface area contributed by atoms with Gasteiger partial charge in [-0.25, -0.2) is 4.79 Å². The highest BCUT2D eigenvalue weighted by molar-refractivity contribution is 7.87. The highest BCUT2D eigenvalue weighted by Gasteiger charge is 2.27. The molecule has 0 aliphatic rings. The molecule has 1 N–H and O–H groups in total. The molecule has 3 aromatic rings. The zero-order chi connectivity index (χ0) is 24.9. The van der Waals surface area contributed by atoms with Crippen molar-refractivity contribution < 1.29 is 23.1 Å². The minimum atomic E-state index is -3.78. The smallest absolute Gasteiger partial charge is 0.336 e. The number of carbonyl (C=O) groups is 1. The largest absolute Gasteiger partial charge is 0.478 e. The zero-order valence-corrected chi connectivity index (χ0v) is 20.8. The third-order valence-corrected chi connectivity index (χ3v) is 7.33. The number of aromatic carboxylic acids is 1. The van der Waals surface area contributed by atoms with Crippen LogP contribution in [0.4, 0.5) is 0 Å². The summed E-state index contributed by atoms with van der Waals surface area (Å²) in [4.78, 5) is 11.6. The fraction of sp³-hybridized carbons (Fsp3) is 0.360. The maximum Gasteiger partial charge on any atom is 0.336 e. The summed E-state index contributed by atoms with van der Waals surface area (Å²) in [6, 6.07) is 14.5. The number of nitrogens with zero attached hydrogens (tertiary/aromatic N) is 3. The van der Waals surface area contributed by atoms with Crippen LogP contribution in [0.3, 0.4) is 0 Å². The molecule has 1 heterocycles. The molecular formula is C25H31N3O5S. The van der Waals surface area contributed by atoms with Gasteiger partial charge >= 0.3 is 16.2 Å². The van der Waals surface area contributed by atoms with Gasteiger partial charge in [-0.15, -0.1) is 4.09 Å². The molecule has 9 heteroatoms. The van der Waals surface area contributed by atoms with Crippen LogP contribution >= 0.6 is 0 Å². The molecule has 34 heavy (non-hydrogen) atoms. The van der Waals surface area contributed by atoms with Crippen LogP contribution in [0, 0.1) is 0 Å². The maximum atomic E-state index is 13.0. The van der Waals surface area contributed by atoms with Gasteiger partial charge in [0.05, 0.1) is 23.6 Å². The summed E-state index contributed by atoms with van der Waals surface area (Å²) in [7, 11) is 0.761. The number of hydrogen-bond donors (Lipinski definition) is 1. The van der Waals surface area contributed by atoms with Crippen LogP contribution in [0.1, 0.15) is 52.6 Å². The van der Waals surface area contributed by atoms with E-state index in [2.05, 4.69) is 12.0 Å². The lowest BCUT2D eigenvalue weighted by Crippen LogP contribution is -2.31. The molecule has 0 bridgehead atoms. The Balaban J connectivity index is 2.03. The third-order valence-electron chi connectivity index (χ3n) is 5.67. The van der Waals surface area contributed by atoms with Crippen LogP contribution in [0.25, 0.3) is 11.1 Å². The molecule has 0 fully saturated rings. The fourth-order valence-electron chi connectivity index (χ4n) is 3.83. The van der Waals surface area contributed by atoms with E-state index in [9.17, 15) is 18.3 Å². The van der Waals surface area contributed by atoms with Crippen molar-refractivity contribution in [3.8, 4) is 11.1 Å². The highest BCUT2D eigenvalue weighted by atomic mass is 32.2. The van der Waals surface area contributed by atoms with Crippen molar-refractivity contribution in [3.63, 3.8) is 0 Å². The first-order chi connectivity index (χ1) is 16.2. The number of carboxylic acid groups (broad SMARTS) is 1. The Morgan fingerprint density at radius 1 is 1.12 bits per heavy atom. The number of unbranched alkanes of at least 4 members (excludes halogenated alkanes) is 1. The van der Waals surface area contributed by atoms with Crippen LogP contribution in [0.5, 0.6) is 0 Å². The van der Waals surface area contributed by atoms with Gasteiger partial charge in [-0.05, 0) is 35.6 Å². The molecule has 0 saturated carbocycles. The summed E-state index contributed by atoms with van der Waals surface area (Å²) >= 11 is 0. The van der Waals surface area contributed by atoms with Crippen LogP contribution in [0.2, 0.25) is 0 Å². The summed E-state index contributed by atoms with van der Waals surface area (Å²) in [6.45, 7) is 2.26. The van der Waals surface area contributed by atoms with Gasteiger partial charge < -0.3 is 9.84 Å². The van der Waals surface area contributed by atoms with Crippen LogP contribution in [-0.4, -0.2) is 54.2 Å². The number of benzene rings is 2. The van der Waals surface area contributed by atoms with Crippen molar-refractivity contribution in [1.29, 1.82) is 0 Å². The van der Waals surface area contributed by atoms with E-state index < -0.39 is 16.2 Å². The quantitative estimate of drug-likeness (QED) is 0.441. The van der Waals surface area contributed by atoms with Gasteiger partial charge in [0.15, 0.2) is 0 Å². The summed E-state index contributed by atoms with van der Waals surface area (Å²) in [5, 5.41) is 13.9. The first-order valence-electron chi connectivity index (χ1n) is 11.1. The lowest BCUT2D eigenvalue weighted by Gasteiger charge is -2.14. The minimum absolute atomic E-state index is 0.203. The van der Waals surface area contributed by atoms with Gasteiger partial charge in [0.25, 0.3) is 0 Å². The molecule has 2 aromatic carbocycles. The molecule has 0 aliphatic heterocycles. The van der Waals surface area contributed by atoms with Crippen LogP contribution in [0.15, 0.2) is 48.5 Å². The van der Waals surface area contributed by atoms with Crippen LogP contribution < -0.4 is 0 Å². The molecule has 1 aromatic heterocycles. The Morgan fingerprint density at radius 2 is 1.79 bits per heavy atom. The van der Waals surface area contributed by atoms with Gasteiger partial charge in [0, 0.05) is 33.2 Å². The van der Waals surface area contributed by atoms with Gasteiger partial charge in [-0.1, -0.05) is 55.8 Å². The Morgan fingerprint density at radius 3 is 2.38 bits per heavy atom. The summed E-state index contributed by atoms with van der Waals surface area (Å²) in [5.74, 6) is -0.973. The second kappa shape index (κ2) is 10.9. The van der Waals surface area contributed by atoms with E-state index in [0.29, 0.717) is 29.8 Å². The molecule has 3 rings (SSSR count). The van der Waals surface area contributed by atoms with Crippen molar-refractivity contribution in [2.75, 3.05) is 21.2 Å². The number of methoxy groups -OCH3 is 1. The topological polar surface area (TPSA) is 102 Å².